The molecular weight excluding hydrogens is 247 g/mol. The number of hydrogen-bond acceptors (Lipinski definition) is 1. The molecule has 1 unspecified atom stereocenters. The van der Waals surface area contributed by atoms with Crippen molar-refractivity contribution in [3.8, 4) is 0 Å². The smallest absolute Gasteiger partial charge is 0.128 e. The highest BCUT2D eigenvalue weighted by molar-refractivity contribution is 9.10. The second-order valence-electron chi connectivity index (χ2n) is 3.70. The third kappa shape index (κ3) is 2.15. The first-order valence-electron chi connectivity index (χ1n) is 4.60. The van der Waals surface area contributed by atoms with Gasteiger partial charge in [0, 0.05) is 9.89 Å². The van der Waals surface area contributed by atoms with Gasteiger partial charge in [-0.25, -0.2) is 4.39 Å². The third-order valence-electron chi connectivity index (χ3n) is 2.71. The maximum absolute atomic E-state index is 13.6. The van der Waals surface area contributed by atoms with Gasteiger partial charge in [0.05, 0.1) is 6.61 Å². The van der Waals surface area contributed by atoms with E-state index in [9.17, 15) is 9.50 Å². The van der Waals surface area contributed by atoms with E-state index in [1.165, 1.54) is 6.07 Å². The van der Waals surface area contributed by atoms with E-state index in [1.54, 1.807) is 12.1 Å². The molecule has 0 radical (unpaired) electrons. The Labute approximate surface area is 92.1 Å². The minimum Gasteiger partial charge on any atom is -0.395 e. The molecule has 3 heteroatoms. The summed E-state index contributed by atoms with van der Waals surface area (Å²) in [5, 5.41) is 9.25. The Balaban J connectivity index is 3.17. The molecule has 0 aliphatic heterocycles. The van der Waals surface area contributed by atoms with Crippen molar-refractivity contribution in [2.24, 2.45) is 0 Å². The summed E-state index contributed by atoms with van der Waals surface area (Å²) in [6.45, 7) is 3.76. The molecule has 0 fully saturated rings. The van der Waals surface area contributed by atoms with Gasteiger partial charge >= 0.3 is 0 Å². The van der Waals surface area contributed by atoms with E-state index in [2.05, 4.69) is 15.9 Å². The van der Waals surface area contributed by atoms with Crippen molar-refractivity contribution in [1.29, 1.82) is 0 Å². The Bertz CT molecular complexity index is 321. The predicted molar refractivity (Wildman–Crippen MR) is 58.8 cm³/mol. The largest absolute Gasteiger partial charge is 0.395 e. The zero-order valence-electron chi connectivity index (χ0n) is 8.35. The van der Waals surface area contributed by atoms with Crippen molar-refractivity contribution in [3.05, 3.63) is 34.1 Å². The van der Waals surface area contributed by atoms with Crippen LogP contribution in [0.2, 0.25) is 0 Å². The van der Waals surface area contributed by atoms with Crippen LogP contribution in [0.4, 0.5) is 4.39 Å². The number of aliphatic hydroxyl groups is 1. The standard InChI is InChI=1S/C11H14BrFO/c1-3-11(2,7-14)9-5-4-8(12)6-10(9)13/h4-6,14H,3,7H2,1-2H3. The Kier molecular flexibility index (Phi) is 3.67. The van der Waals surface area contributed by atoms with Crippen LogP contribution in [0.5, 0.6) is 0 Å². The second kappa shape index (κ2) is 4.41. The van der Waals surface area contributed by atoms with Crippen molar-refractivity contribution < 1.29 is 9.50 Å². The molecule has 0 aliphatic carbocycles. The van der Waals surface area contributed by atoms with Crippen LogP contribution >= 0.6 is 15.9 Å². The van der Waals surface area contributed by atoms with Gasteiger partial charge < -0.3 is 5.11 Å². The summed E-state index contributed by atoms with van der Waals surface area (Å²) in [6, 6.07) is 4.94. The first kappa shape index (κ1) is 11.7. The van der Waals surface area contributed by atoms with E-state index in [4.69, 9.17) is 0 Å². The van der Waals surface area contributed by atoms with Crippen LogP contribution in [0.25, 0.3) is 0 Å². The van der Waals surface area contributed by atoms with Crippen molar-refractivity contribution >= 4 is 15.9 Å². The molecule has 14 heavy (non-hydrogen) atoms. The lowest BCUT2D eigenvalue weighted by molar-refractivity contribution is 0.197. The topological polar surface area (TPSA) is 20.2 Å². The highest BCUT2D eigenvalue weighted by Crippen LogP contribution is 2.30. The van der Waals surface area contributed by atoms with Crippen LogP contribution in [0.15, 0.2) is 22.7 Å². The fourth-order valence-corrected chi connectivity index (χ4v) is 1.70. The highest BCUT2D eigenvalue weighted by atomic mass is 79.9. The lowest BCUT2D eigenvalue weighted by atomic mass is 9.81. The van der Waals surface area contributed by atoms with Crippen LogP contribution in [0.3, 0.4) is 0 Å². The first-order valence-corrected chi connectivity index (χ1v) is 5.39. The predicted octanol–water partition coefficient (Wildman–Crippen LogP) is 3.25. The van der Waals surface area contributed by atoms with Gasteiger partial charge in [0.15, 0.2) is 0 Å². The molecule has 1 aromatic rings. The summed E-state index contributed by atoms with van der Waals surface area (Å²) in [5.74, 6) is -0.266. The van der Waals surface area contributed by atoms with Gasteiger partial charge in [-0.3, -0.25) is 0 Å². The van der Waals surface area contributed by atoms with Crippen molar-refractivity contribution in [3.63, 3.8) is 0 Å². The number of rotatable bonds is 3. The van der Waals surface area contributed by atoms with E-state index in [0.717, 1.165) is 4.47 Å². The summed E-state index contributed by atoms with van der Waals surface area (Å²) in [4.78, 5) is 0. The van der Waals surface area contributed by atoms with Crippen molar-refractivity contribution in [1.82, 2.24) is 0 Å². The van der Waals surface area contributed by atoms with E-state index in [0.29, 0.717) is 12.0 Å². The fourth-order valence-electron chi connectivity index (χ4n) is 1.37. The molecule has 0 spiro atoms. The minimum absolute atomic E-state index is 0.0396. The van der Waals surface area contributed by atoms with E-state index < -0.39 is 5.41 Å². The van der Waals surface area contributed by atoms with E-state index >= 15 is 0 Å². The SMILES string of the molecule is CCC(C)(CO)c1ccc(Br)cc1F. The highest BCUT2D eigenvalue weighted by Gasteiger charge is 2.26. The van der Waals surface area contributed by atoms with Crippen molar-refractivity contribution in [2.45, 2.75) is 25.7 Å². The van der Waals surface area contributed by atoms with Gasteiger partial charge in [0.1, 0.15) is 5.82 Å². The monoisotopic (exact) mass is 260 g/mol. The van der Waals surface area contributed by atoms with Crippen LogP contribution in [0.1, 0.15) is 25.8 Å². The summed E-state index contributed by atoms with van der Waals surface area (Å²) >= 11 is 3.20. The Morgan fingerprint density at radius 1 is 1.50 bits per heavy atom. The average molecular weight is 261 g/mol. The Morgan fingerprint density at radius 2 is 2.14 bits per heavy atom. The molecule has 0 aliphatic rings. The number of benzene rings is 1. The van der Waals surface area contributed by atoms with Crippen LogP contribution in [-0.4, -0.2) is 11.7 Å². The lowest BCUT2D eigenvalue weighted by Crippen LogP contribution is -2.26. The molecule has 1 nitrogen and oxygen atoms in total. The van der Waals surface area contributed by atoms with Gasteiger partial charge in [-0.15, -0.1) is 0 Å². The Morgan fingerprint density at radius 3 is 2.57 bits per heavy atom. The van der Waals surface area contributed by atoms with Crippen molar-refractivity contribution in [2.75, 3.05) is 6.61 Å². The Hall–Kier alpha value is -0.410. The zero-order chi connectivity index (χ0) is 10.8. The molecule has 0 aromatic heterocycles. The molecular formula is C11H14BrFO. The molecule has 78 valence electrons. The zero-order valence-corrected chi connectivity index (χ0v) is 9.94. The molecule has 1 atom stereocenters. The quantitative estimate of drug-likeness (QED) is 0.885. The second-order valence-corrected chi connectivity index (χ2v) is 4.61. The minimum atomic E-state index is -0.481. The number of hydrogen-bond donors (Lipinski definition) is 1. The fraction of sp³-hybridized carbons (Fsp3) is 0.455. The van der Waals surface area contributed by atoms with Crippen LogP contribution in [0, 0.1) is 5.82 Å². The average Bonchev–Trinajstić information content (AvgIpc) is 2.17. The maximum atomic E-state index is 13.6. The molecule has 1 N–H and O–H groups in total. The summed E-state index contributed by atoms with van der Waals surface area (Å²) in [7, 11) is 0. The van der Waals surface area contributed by atoms with Gasteiger partial charge in [-0.2, -0.15) is 0 Å². The molecule has 0 heterocycles. The third-order valence-corrected chi connectivity index (χ3v) is 3.20. The van der Waals surface area contributed by atoms with Gasteiger partial charge in [-0.05, 0) is 24.1 Å². The first-order chi connectivity index (χ1) is 6.53. The van der Waals surface area contributed by atoms with E-state index in [-0.39, 0.29) is 12.4 Å². The van der Waals surface area contributed by atoms with Crippen LogP contribution < -0.4 is 0 Å². The normalized spacial score (nSPS) is 15.2. The summed E-state index contributed by atoms with van der Waals surface area (Å²) in [6.07, 6.45) is 0.710. The summed E-state index contributed by atoms with van der Waals surface area (Å²) < 4.78 is 14.3. The lowest BCUT2D eigenvalue weighted by Gasteiger charge is -2.26. The van der Waals surface area contributed by atoms with E-state index in [1.807, 2.05) is 13.8 Å². The number of halogens is 2. The maximum Gasteiger partial charge on any atom is 0.128 e. The number of aliphatic hydroxyl groups excluding tert-OH is 1. The van der Waals surface area contributed by atoms with Crippen LogP contribution in [-0.2, 0) is 5.41 Å². The summed E-state index contributed by atoms with van der Waals surface area (Å²) in [5.41, 5.74) is 0.0934. The molecule has 0 saturated carbocycles. The molecule has 0 saturated heterocycles. The molecule has 1 rings (SSSR count). The van der Waals surface area contributed by atoms with Gasteiger partial charge in [0.2, 0.25) is 0 Å². The molecule has 0 amide bonds. The van der Waals surface area contributed by atoms with Gasteiger partial charge in [-0.1, -0.05) is 35.8 Å². The molecule has 1 aromatic carbocycles. The molecule has 0 bridgehead atoms. The van der Waals surface area contributed by atoms with Gasteiger partial charge in [0.25, 0.3) is 0 Å².